The first-order valence-electron chi connectivity index (χ1n) is 6.58. The molecule has 1 aliphatic rings. The molecule has 1 aliphatic heterocycles. The summed E-state index contributed by atoms with van der Waals surface area (Å²) in [6.45, 7) is 0.556. The Labute approximate surface area is 125 Å². The Kier molecular flexibility index (Phi) is 4.03. The van der Waals surface area contributed by atoms with E-state index in [4.69, 9.17) is 16.3 Å². The van der Waals surface area contributed by atoms with Gasteiger partial charge in [-0.15, -0.1) is 0 Å². The van der Waals surface area contributed by atoms with Crippen LogP contribution in [0.15, 0.2) is 36.5 Å². The van der Waals surface area contributed by atoms with Crippen LogP contribution < -0.4 is 5.32 Å². The third-order valence-corrected chi connectivity index (χ3v) is 3.65. The molecule has 1 aromatic carbocycles. The first-order valence-corrected chi connectivity index (χ1v) is 6.96. The van der Waals surface area contributed by atoms with E-state index in [1.54, 1.807) is 24.4 Å². The first-order chi connectivity index (χ1) is 10.1. The Morgan fingerprint density at radius 1 is 1.19 bits per heavy atom. The van der Waals surface area contributed by atoms with E-state index in [0.717, 1.165) is 18.2 Å². The average Bonchev–Trinajstić information content (AvgIpc) is 2.90. The van der Waals surface area contributed by atoms with Crippen molar-refractivity contribution < 1.29 is 13.5 Å². The van der Waals surface area contributed by atoms with Crippen LogP contribution in [0.3, 0.4) is 0 Å². The maximum absolute atomic E-state index is 13.4. The molecule has 2 atom stereocenters. The first kappa shape index (κ1) is 14.2. The van der Waals surface area contributed by atoms with Gasteiger partial charge in [0.15, 0.2) is 11.6 Å². The van der Waals surface area contributed by atoms with Crippen molar-refractivity contribution in [2.75, 3.05) is 11.9 Å². The molecule has 110 valence electrons. The van der Waals surface area contributed by atoms with Gasteiger partial charge in [0.25, 0.3) is 0 Å². The number of anilines is 1. The van der Waals surface area contributed by atoms with Crippen molar-refractivity contribution in [3.8, 4) is 0 Å². The molecule has 0 spiro atoms. The van der Waals surface area contributed by atoms with E-state index in [1.807, 2.05) is 0 Å². The lowest BCUT2D eigenvalue weighted by Crippen LogP contribution is -2.23. The van der Waals surface area contributed by atoms with Crippen LogP contribution >= 0.6 is 11.6 Å². The molecule has 2 unspecified atom stereocenters. The van der Waals surface area contributed by atoms with E-state index in [9.17, 15) is 8.78 Å². The fraction of sp³-hybridized carbons (Fsp3) is 0.267. The second kappa shape index (κ2) is 5.95. The van der Waals surface area contributed by atoms with Crippen LogP contribution in [-0.2, 0) is 4.74 Å². The topological polar surface area (TPSA) is 34.1 Å². The standard InChI is InChI=1S/C15H13ClF2N2O/c16-14-8-10(3-5-19-14)20-13-4-6-21-15(13)9-1-2-11(17)12(18)7-9/h1-3,5,7-8,13,15H,4,6H2,(H,19,20). The molecule has 0 aliphatic carbocycles. The van der Waals surface area contributed by atoms with E-state index >= 15 is 0 Å². The zero-order valence-corrected chi connectivity index (χ0v) is 11.8. The normalized spacial score (nSPS) is 21.5. The molecule has 3 nitrogen and oxygen atoms in total. The molecule has 0 saturated carbocycles. The maximum Gasteiger partial charge on any atom is 0.159 e. The Morgan fingerprint density at radius 2 is 2.05 bits per heavy atom. The number of ether oxygens (including phenoxy) is 1. The summed E-state index contributed by atoms with van der Waals surface area (Å²) < 4.78 is 32.0. The van der Waals surface area contributed by atoms with Crippen LogP contribution in [0.2, 0.25) is 5.15 Å². The van der Waals surface area contributed by atoms with E-state index in [1.165, 1.54) is 6.07 Å². The predicted molar refractivity (Wildman–Crippen MR) is 76.3 cm³/mol. The van der Waals surface area contributed by atoms with Gasteiger partial charge in [0.1, 0.15) is 11.3 Å². The molecule has 2 heterocycles. The maximum atomic E-state index is 13.4. The number of rotatable bonds is 3. The fourth-order valence-corrected chi connectivity index (χ4v) is 2.64. The summed E-state index contributed by atoms with van der Waals surface area (Å²) in [5.41, 5.74) is 1.43. The van der Waals surface area contributed by atoms with E-state index in [2.05, 4.69) is 10.3 Å². The zero-order valence-electron chi connectivity index (χ0n) is 11.0. The second-order valence-corrected chi connectivity index (χ2v) is 5.26. The highest BCUT2D eigenvalue weighted by Gasteiger charge is 2.30. The van der Waals surface area contributed by atoms with Gasteiger partial charge in [-0.3, -0.25) is 0 Å². The molecule has 0 radical (unpaired) electrons. The Bertz CT molecular complexity index is 653. The smallest absolute Gasteiger partial charge is 0.159 e. The minimum Gasteiger partial charge on any atom is -0.379 e. The summed E-state index contributed by atoms with van der Waals surface area (Å²) in [6.07, 6.45) is 2.04. The summed E-state index contributed by atoms with van der Waals surface area (Å²) in [5.74, 6) is -1.73. The van der Waals surface area contributed by atoms with Gasteiger partial charge in [-0.25, -0.2) is 13.8 Å². The van der Waals surface area contributed by atoms with Gasteiger partial charge in [-0.2, -0.15) is 0 Å². The van der Waals surface area contributed by atoms with Gasteiger partial charge in [0.05, 0.1) is 6.04 Å². The van der Waals surface area contributed by atoms with Gasteiger partial charge >= 0.3 is 0 Å². The highest BCUT2D eigenvalue weighted by atomic mass is 35.5. The molecule has 1 N–H and O–H groups in total. The van der Waals surface area contributed by atoms with Crippen molar-refractivity contribution in [1.29, 1.82) is 0 Å². The lowest BCUT2D eigenvalue weighted by atomic mass is 10.0. The SMILES string of the molecule is Fc1ccc(C2OCCC2Nc2ccnc(Cl)c2)cc1F. The molecular weight excluding hydrogens is 298 g/mol. The Balaban J connectivity index is 1.80. The Hall–Kier alpha value is -1.72. The molecular formula is C15H13ClF2N2O. The van der Waals surface area contributed by atoms with Crippen molar-refractivity contribution in [3.05, 3.63) is 58.9 Å². The number of pyridine rings is 1. The van der Waals surface area contributed by atoms with Gasteiger partial charge in [-0.05, 0) is 36.2 Å². The van der Waals surface area contributed by atoms with Crippen molar-refractivity contribution in [1.82, 2.24) is 4.98 Å². The number of benzene rings is 1. The Morgan fingerprint density at radius 3 is 2.81 bits per heavy atom. The monoisotopic (exact) mass is 310 g/mol. The van der Waals surface area contributed by atoms with Crippen LogP contribution in [0.5, 0.6) is 0 Å². The molecule has 21 heavy (non-hydrogen) atoms. The predicted octanol–water partition coefficient (Wildman–Crippen LogP) is 3.96. The van der Waals surface area contributed by atoms with Crippen LogP contribution in [0.25, 0.3) is 0 Å². The molecule has 1 saturated heterocycles. The highest BCUT2D eigenvalue weighted by molar-refractivity contribution is 6.29. The van der Waals surface area contributed by atoms with Gasteiger partial charge in [-0.1, -0.05) is 17.7 Å². The number of halogens is 3. The average molecular weight is 311 g/mol. The van der Waals surface area contributed by atoms with Crippen molar-refractivity contribution in [3.63, 3.8) is 0 Å². The summed E-state index contributed by atoms with van der Waals surface area (Å²) in [4.78, 5) is 3.92. The summed E-state index contributed by atoms with van der Waals surface area (Å²) in [6, 6.07) is 7.32. The fourth-order valence-electron chi connectivity index (χ4n) is 2.46. The molecule has 3 rings (SSSR count). The minimum atomic E-state index is -0.867. The third kappa shape index (κ3) is 3.14. The lowest BCUT2D eigenvalue weighted by molar-refractivity contribution is 0.107. The number of aromatic nitrogens is 1. The van der Waals surface area contributed by atoms with Gasteiger partial charge < -0.3 is 10.1 Å². The van der Waals surface area contributed by atoms with Crippen molar-refractivity contribution in [2.24, 2.45) is 0 Å². The summed E-state index contributed by atoms with van der Waals surface area (Å²) in [7, 11) is 0. The van der Waals surface area contributed by atoms with E-state index < -0.39 is 11.6 Å². The number of nitrogens with one attached hydrogen (secondary N) is 1. The van der Waals surface area contributed by atoms with Crippen LogP contribution in [0.1, 0.15) is 18.1 Å². The van der Waals surface area contributed by atoms with Crippen LogP contribution in [0, 0.1) is 11.6 Å². The quantitative estimate of drug-likeness (QED) is 0.872. The van der Waals surface area contributed by atoms with Gasteiger partial charge in [0.2, 0.25) is 0 Å². The highest BCUT2D eigenvalue weighted by Crippen LogP contribution is 2.32. The van der Waals surface area contributed by atoms with Crippen LogP contribution in [-0.4, -0.2) is 17.6 Å². The molecule has 0 amide bonds. The minimum absolute atomic E-state index is 0.0340. The third-order valence-electron chi connectivity index (χ3n) is 3.44. The zero-order chi connectivity index (χ0) is 14.8. The lowest BCUT2D eigenvalue weighted by Gasteiger charge is -2.21. The number of hydrogen-bond acceptors (Lipinski definition) is 3. The van der Waals surface area contributed by atoms with Crippen LogP contribution in [0.4, 0.5) is 14.5 Å². The molecule has 1 aromatic heterocycles. The molecule has 1 fully saturated rings. The van der Waals surface area contributed by atoms with E-state index in [-0.39, 0.29) is 12.1 Å². The molecule has 0 bridgehead atoms. The largest absolute Gasteiger partial charge is 0.379 e. The molecule has 2 aromatic rings. The number of nitrogens with zero attached hydrogens (tertiary/aromatic N) is 1. The van der Waals surface area contributed by atoms with Crippen molar-refractivity contribution >= 4 is 17.3 Å². The summed E-state index contributed by atoms with van der Waals surface area (Å²) in [5, 5.41) is 3.69. The summed E-state index contributed by atoms with van der Waals surface area (Å²) >= 11 is 5.85. The van der Waals surface area contributed by atoms with E-state index in [0.29, 0.717) is 17.3 Å². The molecule has 6 heteroatoms. The van der Waals surface area contributed by atoms with Crippen molar-refractivity contribution in [2.45, 2.75) is 18.6 Å². The number of hydrogen-bond donors (Lipinski definition) is 1. The van der Waals surface area contributed by atoms with Gasteiger partial charge in [0, 0.05) is 18.5 Å². The second-order valence-electron chi connectivity index (χ2n) is 4.87.